The van der Waals surface area contributed by atoms with E-state index in [1.54, 1.807) is 29.2 Å². The molecule has 2 aromatic rings. The minimum Gasteiger partial charge on any atom is -0.335 e. The number of halogens is 4. The third-order valence-electron chi connectivity index (χ3n) is 6.00. The molecule has 1 unspecified atom stereocenters. The van der Waals surface area contributed by atoms with E-state index in [0.29, 0.717) is 27.1 Å². The highest BCUT2D eigenvalue weighted by Gasteiger charge is 2.47. The number of benzene rings is 2. The van der Waals surface area contributed by atoms with Gasteiger partial charge in [-0.25, -0.2) is 4.39 Å². The molecular weight excluding hydrogens is 460 g/mol. The van der Waals surface area contributed by atoms with E-state index < -0.39 is 11.2 Å². The molecule has 1 fully saturated rings. The predicted octanol–water partition coefficient (Wildman–Crippen LogP) is 5.92. The molecule has 0 radical (unpaired) electrons. The van der Waals surface area contributed by atoms with Crippen LogP contribution in [0.3, 0.4) is 0 Å². The van der Waals surface area contributed by atoms with Gasteiger partial charge in [-0.2, -0.15) is 5.10 Å². The number of hydrogen-bond acceptors (Lipinski definition) is 3. The normalized spacial score (nSPS) is 22.2. The second kappa shape index (κ2) is 7.95. The Hall–Kier alpha value is -1.82. The highest BCUT2D eigenvalue weighted by Crippen LogP contribution is 2.39. The van der Waals surface area contributed by atoms with Crippen LogP contribution in [0.15, 0.2) is 41.5 Å². The lowest BCUT2D eigenvalue weighted by Crippen LogP contribution is -2.59. The lowest BCUT2D eigenvalue weighted by Gasteiger charge is -2.45. The maximum Gasteiger partial charge on any atom is 0.225 e. The van der Waals surface area contributed by atoms with Gasteiger partial charge >= 0.3 is 0 Å². The molecule has 31 heavy (non-hydrogen) atoms. The summed E-state index contributed by atoms with van der Waals surface area (Å²) in [6.07, 6.45) is 0.609. The van der Waals surface area contributed by atoms with Crippen LogP contribution in [0.5, 0.6) is 0 Å². The summed E-state index contributed by atoms with van der Waals surface area (Å²) in [5.74, 6) is -0.141. The van der Waals surface area contributed by atoms with Gasteiger partial charge in [0.25, 0.3) is 0 Å². The number of carbonyl (C=O) groups is 1. The Balaban J connectivity index is 1.47. The third-order valence-corrected chi connectivity index (χ3v) is 7.20. The highest BCUT2D eigenvalue weighted by atomic mass is 35.5. The van der Waals surface area contributed by atoms with Gasteiger partial charge < -0.3 is 4.90 Å². The average molecular weight is 483 g/mol. The van der Waals surface area contributed by atoms with Crippen LogP contribution in [0.1, 0.15) is 43.9 Å². The van der Waals surface area contributed by atoms with E-state index in [4.69, 9.17) is 34.8 Å². The van der Waals surface area contributed by atoms with Crippen molar-refractivity contribution in [3.63, 3.8) is 0 Å². The van der Waals surface area contributed by atoms with Crippen molar-refractivity contribution in [2.45, 2.75) is 38.4 Å². The minimum absolute atomic E-state index is 0.0158. The van der Waals surface area contributed by atoms with Crippen molar-refractivity contribution in [2.75, 3.05) is 13.1 Å². The summed E-state index contributed by atoms with van der Waals surface area (Å²) in [6, 6.07) is 10.9. The van der Waals surface area contributed by atoms with Crippen LogP contribution in [0.4, 0.5) is 4.39 Å². The molecular formula is C23H23Cl3FN3O. The van der Waals surface area contributed by atoms with Crippen LogP contribution in [-0.2, 0) is 16.0 Å². The molecule has 1 atom stereocenters. The molecule has 164 valence electrons. The monoisotopic (exact) mass is 481 g/mol. The van der Waals surface area contributed by atoms with Crippen LogP contribution in [0.25, 0.3) is 0 Å². The van der Waals surface area contributed by atoms with Crippen LogP contribution in [0, 0.1) is 5.92 Å². The Labute approximate surface area is 196 Å². The van der Waals surface area contributed by atoms with Gasteiger partial charge in [0, 0.05) is 12.3 Å². The van der Waals surface area contributed by atoms with Gasteiger partial charge in [-0.3, -0.25) is 10.2 Å². The molecule has 0 bridgehead atoms. The van der Waals surface area contributed by atoms with Gasteiger partial charge in [-0.05, 0) is 35.7 Å². The molecule has 2 aromatic carbocycles. The lowest BCUT2D eigenvalue weighted by molar-refractivity contribution is -0.149. The number of likely N-dealkylation sites (tertiary alicyclic amines) is 1. The first kappa shape index (κ1) is 22.4. The van der Waals surface area contributed by atoms with E-state index in [0.717, 1.165) is 16.8 Å². The number of carbonyl (C=O) groups excluding carboxylic acids is 1. The quantitative estimate of drug-likeness (QED) is 0.550. The molecule has 0 aromatic heterocycles. The standard InChI is InChI=1S/C23H23Cl3FN3O/c1-13(2)21(31)30-11-23(27,12-30)15-6-4-14(5-7-15)19-10-22(3,29-28-19)16-8-17(24)20(26)18(25)9-16/h4-9,13,29H,10-12H2,1-3H3. The third kappa shape index (κ3) is 4.04. The van der Waals surface area contributed by atoms with Crippen molar-refractivity contribution >= 4 is 46.4 Å². The smallest absolute Gasteiger partial charge is 0.225 e. The fourth-order valence-electron chi connectivity index (χ4n) is 4.04. The Bertz CT molecular complexity index is 1040. The molecule has 1 N–H and O–H groups in total. The van der Waals surface area contributed by atoms with Crippen molar-refractivity contribution in [1.29, 1.82) is 0 Å². The van der Waals surface area contributed by atoms with Crippen molar-refractivity contribution < 1.29 is 9.18 Å². The first-order valence-electron chi connectivity index (χ1n) is 10.1. The van der Waals surface area contributed by atoms with Gasteiger partial charge in [0.2, 0.25) is 5.91 Å². The maximum absolute atomic E-state index is 15.2. The largest absolute Gasteiger partial charge is 0.335 e. The predicted molar refractivity (Wildman–Crippen MR) is 124 cm³/mol. The van der Waals surface area contributed by atoms with Gasteiger partial charge in [-0.15, -0.1) is 0 Å². The Morgan fingerprint density at radius 1 is 1.10 bits per heavy atom. The number of nitrogens with zero attached hydrogens (tertiary/aromatic N) is 2. The van der Waals surface area contributed by atoms with Crippen LogP contribution >= 0.6 is 34.8 Å². The fourth-order valence-corrected chi connectivity index (χ4v) is 4.63. The van der Waals surface area contributed by atoms with Crippen LogP contribution in [0.2, 0.25) is 15.1 Å². The number of hydrazone groups is 1. The van der Waals surface area contributed by atoms with Gasteiger partial charge in [-0.1, -0.05) is 72.9 Å². The second-order valence-corrected chi connectivity index (χ2v) is 10.0. The van der Waals surface area contributed by atoms with Crippen molar-refractivity contribution in [3.05, 3.63) is 68.2 Å². The summed E-state index contributed by atoms with van der Waals surface area (Å²) in [6.45, 7) is 5.86. The molecule has 8 heteroatoms. The molecule has 4 rings (SSSR count). The van der Waals surface area contributed by atoms with E-state index in [1.807, 2.05) is 32.9 Å². The summed E-state index contributed by atoms with van der Waals surface area (Å²) in [7, 11) is 0. The first-order chi connectivity index (χ1) is 14.5. The topological polar surface area (TPSA) is 44.7 Å². The minimum atomic E-state index is -1.50. The summed E-state index contributed by atoms with van der Waals surface area (Å²) < 4.78 is 15.2. The Kier molecular flexibility index (Phi) is 5.74. The molecule has 2 heterocycles. The summed E-state index contributed by atoms with van der Waals surface area (Å²) in [5.41, 5.74) is 4.42. The highest BCUT2D eigenvalue weighted by molar-refractivity contribution is 6.48. The maximum atomic E-state index is 15.2. The zero-order valence-electron chi connectivity index (χ0n) is 17.5. The molecule has 1 amide bonds. The summed E-state index contributed by atoms with van der Waals surface area (Å²) in [4.78, 5) is 13.6. The number of amides is 1. The lowest BCUT2D eigenvalue weighted by atomic mass is 9.84. The molecule has 0 saturated carbocycles. The number of alkyl halides is 1. The molecule has 4 nitrogen and oxygen atoms in total. The zero-order valence-corrected chi connectivity index (χ0v) is 19.7. The SMILES string of the molecule is CC(C)C(=O)N1CC(F)(c2ccc(C3=NNC(C)(c4cc(Cl)c(Cl)c(Cl)c4)C3)cc2)C1. The molecule has 0 aliphatic carbocycles. The van der Waals surface area contributed by atoms with E-state index >= 15 is 4.39 Å². The average Bonchev–Trinajstić information content (AvgIpc) is 3.12. The molecule has 2 aliphatic rings. The fraction of sp³-hybridized carbons (Fsp3) is 0.391. The van der Waals surface area contributed by atoms with Crippen LogP contribution < -0.4 is 5.43 Å². The molecule has 0 spiro atoms. The van der Waals surface area contributed by atoms with E-state index in [9.17, 15) is 4.79 Å². The van der Waals surface area contributed by atoms with E-state index in [1.165, 1.54) is 0 Å². The van der Waals surface area contributed by atoms with Gasteiger partial charge in [0.1, 0.15) is 0 Å². The summed E-state index contributed by atoms with van der Waals surface area (Å²) in [5, 5.41) is 5.61. The van der Waals surface area contributed by atoms with Crippen molar-refractivity contribution in [1.82, 2.24) is 10.3 Å². The van der Waals surface area contributed by atoms with Crippen molar-refractivity contribution in [3.8, 4) is 0 Å². The van der Waals surface area contributed by atoms with Crippen LogP contribution in [-0.4, -0.2) is 29.6 Å². The Morgan fingerprint density at radius 3 is 2.23 bits per heavy atom. The van der Waals surface area contributed by atoms with Gasteiger partial charge in [0.05, 0.1) is 39.4 Å². The second-order valence-electron chi connectivity index (χ2n) is 8.82. The Morgan fingerprint density at radius 2 is 1.68 bits per heavy atom. The van der Waals surface area contributed by atoms with E-state index in [2.05, 4.69) is 10.5 Å². The van der Waals surface area contributed by atoms with Gasteiger partial charge in [0.15, 0.2) is 5.67 Å². The summed E-state index contributed by atoms with van der Waals surface area (Å²) >= 11 is 18.5. The number of nitrogens with one attached hydrogen (secondary N) is 1. The molecule has 2 aliphatic heterocycles. The number of hydrogen-bond donors (Lipinski definition) is 1. The first-order valence-corrected chi connectivity index (χ1v) is 11.2. The van der Waals surface area contributed by atoms with Crippen molar-refractivity contribution in [2.24, 2.45) is 11.0 Å². The van der Waals surface area contributed by atoms with E-state index in [-0.39, 0.29) is 24.9 Å². The zero-order chi connectivity index (χ0) is 22.6. The molecule has 1 saturated heterocycles. The number of rotatable bonds is 4.